The zero-order chi connectivity index (χ0) is 22.5. The van der Waals surface area contributed by atoms with Gasteiger partial charge in [0.25, 0.3) is 5.91 Å². The third-order valence-corrected chi connectivity index (χ3v) is 5.38. The van der Waals surface area contributed by atoms with Gasteiger partial charge in [-0.25, -0.2) is 0 Å². The highest BCUT2D eigenvalue weighted by Gasteiger charge is 2.15. The molecule has 0 radical (unpaired) electrons. The minimum absolute atomic E-state index is 0.291. The van der Waals surface area contributed by atoms with Crippen LogP contribution in [0.4, 0.5) is 5.69 Å². The summed E-state index contributed by atoms with van der Waals surface area (Å²) in [5.41, 5.74) is 3.78. The molecule has 162 valence electrons. The van der Waals surface area contributed by atoms with Crippen molar-refractivity contribution in [2.45, 2.75) is 20.1 Å². The Balaban J connectivity index is 1.50. The zero-order valence-electron chi connectivity index (χ0n) is 17.4. The van der Waals surface area contributed by atoms with Gasteiger partial charge in [-0.1, -0.05) is 53.5 Å². The summed E-state index contributed by atoms with van der Waals surface area (Å²) in [6.07, 6.45) is 0. The smallest absolute Gasteiger partial charge is 0.276 e. The van der Waals surface area contributed by atoms with Gasteiger partial charge in [-0.2, -0.15) is 5.10 Å². The molecule has 4 rings (SSSR count). The van der Waals surface area contributed by atoms with Crippen molar-refractivity contribution in [1.82, 2.24) is 9.78 Å². The molecular formula is C25H21Cl2N3O2. The summed E-state index contributed by atoms with van der Waals surface area (Å²) in [4.78, 5) is 12.6. The Bertz CT molecular complexity index is 1220. The first kappa shape index (κ1) is 21.9. The first-order chi connectivity index (χ1) is 15.5. The van der Waals surface area contributed by atoms with E-state index >= 15 is 0 Å². The summed E-state index contributed by atoms with van der Waals surface area (Å²) >= 11 is 12.1. The summed E-state index contributed by atoms with van der Waals surface area (Å²) in [7, 11) is 0. The molecule has 1 heterocycles. The van der Waals surface area contributed by atoms with Crippen molar-refractivity contribution >= 4 is 34.8 Å². The topological polar surface area (TPSA) is 56.2 Å². The van der Waals surface area contributed by atoms with E-state index in [2.05, 4.69) is 10.4 Å². The van der Waals surface area contributed by atoms with Crippen LogP contribution in [0.15, 0.2) is 78.9 Å². The minimum Gasteiger partial charge on any atom is -0.489 e. The summed E-state index contributed by atoms with van der Waals surface area (Å²) in [6.45, 7) is 2.77. The van der Waals surface area contributed by atoms with Crippen LogP contribution in [-0.4, -0.2) is 15.7 Å². The van der Waals surface area contributed by atoms with Crippen LogP contribution in [0.2, 0.25) is 10.0 Å². The van der Waals surface area contributed by atoms with Crippen LogP contribution in [0, 0.1) is 6.92 Å². The summed E-state index contributed by atoms with van der Waals surface area (Å²) in [6, 6.07) is 24.1. The van der Waals surface area contributed by atoms with E-state index in [0.717, 1.165) is 22.6 Å². The number of anilines is 1. The molecule has 0 aliphatic carbocycles. The molecule has 1 aromatic heterocycles. The lowest BCUT2D eigenvalue weighted by atomic mass is 10.2. The fourth-order valence-corrected chi connectivity index (χ4v) is 3.54. The summed E-state index contributed by atoms with van der Waals surface area (Å²) in [5.74, 6) is 0.432. The Kier molecular flexibility index (Phi) is 6.78. The second-order valence-corrected chi connectivity index (χ2v) is 8.19. The number of hydrogen-bond donors (Lipinski definition) is 1. The second-order valence-electron chi connectivity index (χ2n) is 7.32. The van der Waals surface area contributed by atoms with E-state index in [1.165, 1.54) is 0 Å². The lowest BCUT2D eigenvalue weighted by molar-refractivity contribution is 0.102. The number of nitrogens with zero attached hydrogens (tertiary/aromatic N) is 2. The number of carbonyl (C=O) groups excluding carboxylic acids is 1. The third kappa shape index (κ3) is 5.49. The van der Waals surface area contributed by atoms with Crippen molar-refractivity contribution in [2.24, 2.45) is 0 Å². The van der Waals surface area contributed by atoms with Gasteiger partial charge in [0.15, 0.2) is 5.69 Å². The first-order valence-electron chi connectivity index (χ1n) is 10.0. The van der Waals surface area contributed by atoms with Gasteiger partial charge in [-0.15, -0.1) is 0 Å². The zero-order valence-corrected chi connectivity index (χ0v) is 18.9. The largest absolute Gasteiger partial charge is 0.489 e. The van der Waals surface area contributed by atoms with E-state index in [-0.39, 0.29) is 5.91 Å². The Morgan fingerprint density at radius 2 is 1.69 bits per heavy atom. The quantitative estimate of drug-likeness (QED) is 0.344. The maximum absolute atomic E-state index is 12.6. The molecule has 4 aromatic rings. The fraction of sp³-hybridized carbons (Fsp3) is 0.120. The molecule has 7 heteroatoms. The Labute approximate surface area is 196 Å². The highest BCUT2D eigenvalue weighted by molar-refractivity contribution is 6.31. The average molecular weight is 466 g/mol. The molecule has 0 unspecified atom stereocenters. The highest BCUT2D eigenvalue weighted by atomic mass is 35.5. The number of benzene rings is 3. The highest BCUT2D eigenvalue weighted by Crippen LogP contribution is 2.25. The molecule has 0 fully saturated rings. The van der Waals surface area contributed by atoms with Gasteiger partial charge in [0.1, 0.15) is 12.4 Å². The molecule has 0 saturated heterocycles. The minimum atomic E-state index is -0.291. The normalized spacial score (nSPS) is 10.7. The molecule has 0 spiro atoms. The number of hydrogen-bond acceptors (Lipinski definition) is 3. The van der Waals surface area contributed by atoms with Crippen molar-refractivity contribution in [2.75, 3.05) is 5.32 Å². The van der Waals surface area contributed by atoms with Crippen LogP contribution >= 0.6 is 23.2 Å². The Hall–Kier alpha value is -3.28. The van der Waals surface area contributed by atoms with Crippen LogP contribution in [0.25, 0.3) is 0 Å². The standard InChI is InChI=1S/C25H21Cl2N3O2/c1-17-13-23(25(31)28-22-10-7-20(26)8-11-22)29-30(17)15-19-14-21(27)9-12-24(19)32-16-18-5-3-2-4-6-18/h2-14H,15-16H2,1H3,(H,28,31). The van der Waals surface area contributed by atoms with Crippen LogP contribution in [-0.2, 0) is 13.2 Å². The second kappa shape index (κ2) is 9.90. The molecule has 0 aliphatic heterocycles. The molecule has 0 aliphatic rings. The van der Waals surface area contributed by atoms with Gasteiger partial charge in [0, 0.05) is 27.0 Å². The number of aryl methyl sites for hydroxylation is 1. The number of rotatable bonds is 7. The predicted molar refractivity (Wildman–Crippen MR) is 128 cm³/mol. The van der Waals surface area contributed by atoms with Crippen LogP contribution < -0.4 is 10.1 Å². The first-order valence-corrected chi connectivity index (χ1v) is 10.8. The van der Waals surface area contributed by atoms with Crippen LogP contribution in [0.1, 0.15) is 27.3 Å². The number of carbonyl (C=O) groups is 1. The third-order valence-electron chi connectivity index (χ3n) is 4.90. The monoisotopic (exact) mass is 465 g/mol. The molecule has 5 nitrogen and oxygen atoms in total. The van der Waals surface area contributed by atoms with E-state index < -0.39 is 0 Å². The van der Waals surface area contributed by atoms with Crippen LogP contribution in [0.3, 0.4) is 0 Å². The lowest BCUT2D eigenvalue weighted by Crippen LogP contribution is -2.13. The molecule has 3 aromatic carbocycles. The van der Waals surface area contributed by atoms with E-state index in [9.17, 15) is 4.79 Å². The van der Waals surface area contributed by atoms with Crippen molar-refractivity contribution in [3.8, 4) is 5.75 Å². The van der Waals surface area contributed by atoms with Crippen molar-refractivity contribution in [3.05, 3.63) is 111 Å². The van der Waals surface area contributed by atoms with Crippen molar-refractivity contribution < 1.29 is 9.53 Å². The Morgan fingerprint density at radius 3 is 2.44 bits per heavy atom. The Morgan fingerprint density at radius 1 is 0.969 bits per heavy atom. The van der Waals surface area contributed by atoms with E-state index in [4.69, 9.17) is 27.9 Å². The molecule has 1 N–H and O–H groups in total. The van der Waals surface area contributed by atoms with Gasteiger partial charge in [0.05, 0.1) is 6.54 Å². The number of amides is 1. The fourth-order valence-electron chi connectivity index (χ4n) is 3.22. The molecule has 1 amide bonds. The van der Waals surface area contributed by atoms with Gasteiger partial charge in [-0.05, 0) is 61.0 Å². The summed E-state index contributed by atoms with van der Waals surface area (Å²) < 4.78 is 7.81. The molecule has 0 saturated carbocycles. The van der Waals surface area contributed by atoms with Crippen LogP contribution in [0.5, 0.6) is 5.75 Å². The van der Waals surface area contributed by atoms with Gasteiger partial charge < -0.3 is 10.1 Å². The van der Waals surface area contributed by atoms with E-state index in [1.54, 1.807) is 41.1 Å². The van der Waals surface area contributed by atoms with E-state index in [1.807, 2.05) is 49.4 Å². The molecule has 0 atom stereocenters. The molecule has 32 heavy (non-hydrogen) atoms. The average Bonchev–Trinajstić information content (AvgIpc) is 3.16. The lowest BCUT2D eigenvalue weighted by Gasteiger charge is -2.13. The van der Waals surface area contributed by atoms with Crippen molar-refractivity contribution in [1.29, 1.82) is 0 Å². The maximum atomic E-state index is 12.6. The molecular weight excluding hydrogens is 445 g/mol. The van der Waals surface area contributed by atoms with Crippen molar-refractivity contribution in [3.63, 3.8) is 0 Å². The SMILES string of the molecule is Cc1cc(C(=O)Nc2ccc(Cl)cc2)nn1Cc1cc(Cl)ccc1OCc1ccccc1. The summed E-state index contributed by atoms with van der Waals surface area (Å²) in [5, 5.41) is 8.53. The van der Waals surface area contributed by atoms with Gasteiger partial charge in [-0.3, -0.25) is 9.48 Å². The number of nitrogens with one attached hydrogen (secondary N) is 1. The number of halogens is 2. The number of aromatic nitrogens is 2. The number of ether oxygens (including phenoxy) is 1. The van der Waals surface area contributed by atoms with Gasteiger partial charge >= 0.3 is 0 Å². The predicted octanol–water partition coefficient (Wildman–Crippen LogP) is 6.38. The maximum Gasteiger partial charge on any atom is 0.276 e. The van der Waals surface area contributed by atoms with E-state index in [0.29, 0.717) is 34.6 Å². The van der Waals surface area contributed by atoms with Gasteiger partial charge in [0.2, 0.25) is 0 Å². The molecule has 0 bridgehead atoms.